The molecule has 0 amide bonds. The molecule has 0 aromatic carbocycles. The molecule has 0 aliphatic heterocycles. The van der Waals surface area contributed by atoms with Crippen LogP contribution in [0.1, 0.15) is 0 Å². The van der Waals surface area contributed by atoms with Gasteiger partial charge >= 0.3 is 67.8 Å². The fourth-order valence-electron chi connectivity index (χ4n) is 0.0395. The minimum atomic E-state index is -4.37. The molecule has 0 spiro atoms. The van der Waals surface area contributed by atoms with E-state index >= 15 is 0 Å². The fraction of sp³-hybridized carbons (Fsp3) is 0. The van der Waals surface area contributed by atoms with Crippen LogP contribution in [0.15, 0.2) is 0 Å². The van der Waals surface area contributed by atoms with Gasteiger partial charge in [-0.05, 0) is 0 Å². The Morgan fingerprint density at radius 2 is 1.71 bits per heavy atom. The summed E-state index contributed by atoms with van der Waals surface area (Å²) in [6.45, 7) is 0. The van der Waals surface area contributed by atoms with E-state index in [4.69, 9.17) is 14.4 Å². The average molecular weight is 268 g/mol. The van der Waals surface area contributed by atoms with Gasteiger partial charge in [0.25, 0.3) is 0 Å². The monoisotopic (exact) mass is 269 g/mol. The molecule has 0 aromatic heterocycles. The van der Waals surface area contributed by atoms with E-state index in [2.05, 4.69) is 5.90 Å². The molecule has 7 heavy (non-hydrogen) atoms. The molecule has 0 saturated carbocycles. The molecule has 0 aliphatic rings. The second kappa shape index (κ2) is 3.38. The van der Waals surface area contributed by atoms with Crippen LogP contribution in [0.3, 0.4) is 0 Å². The summed E-state index contributed by atoms with van der Waals surface area (Å²) in [5, 5.41) is 0. The van der Waals surface area contributed by atoms with Crippen molar-refractivity contribution in [2.24, 2.45) is 0 Å². The maximum atomic E-state index is 7.92. The Hall–Kier alpha value is 1.34. The molecule has 0 unspecified atom stereocenters. The van der Waals surface area contributed by atoms with Gasteiger partial charge in [0.15, 0.2) is 0 Å². The molecule has 0 fully saturated rings. The number of hydrogen-bond acceptors (Lipinski definition) is 5. The molecule has 0 aliphatic carbocycles. The van der Waals surface area contributed by atoms with Crippen molar-refractivity contribution in [2.75, 3.05) is 0 Å². The van der Waals surface area contributed by atoms with Crippen LogP contribution < -0.4 is 0 Å². The van der Waals surface area contributed by atoms with Gasteiger partial charge in [-0.1, -0.05) is 0 Å². The van der Waals surface area contributed by atoms with Crippen LogP contribution in [0.2, 0.25) is 0 Å². The first kappa shape index (κ1) is 8.34. The zero-order valence-corrected chi connectivity index (χ0v) is 6.28. The fourth-order valence-corrected chi connectivity index (χ4v) is 0.879. The Balaban J connectivity index is 3.15. The first-order chi connectivity index (χ1) is 3.06. The van der Waals surface area contributed by atoms with Crippen LogP contribution in [-0.4, -0.2) is 23.4 Å². The van der Waals surface area contributed by atoms with Crippen LogP contribution >= 0.6 is 0 Å². The van der Waals surface area contributed by atoms with Crippen molar-refractivity contribution in [1.29, 1.82) is 0 Å². The van der Waals surface area contributed by atoms with Crippen LogP contribution in [0.5, 0.6) is 0 Å². The van der Waals surface area contributed by atoms with Gasteiger partial charge in [-0.3, -0.25) is 0 Å². The maximum absolute atomic E-state index is 7.92. The molecule has 0 heterocycles. The number of hydrogen-bond donors (Lipinski definition) is 3. The van der Waals surface area contributed by atoms with E-state index in [1.54, 1.807) is 0 Å². The SMILES string of the molecule is O[Si](O)(O)O[O][Gd]. The molecular formula is H3GdO5Si. The summed E-state index contributed by atoms with van der Waals surface area (Å²) in [6, 6.07) is 0. The Kier molecular flexibility index (Phi) is 4.03. The third-order valence-corrected chi connectivity index (χ3v) is 0.991. The Morgan fingerprint density at radius 3 is 1.71 bits per heavy atom. The van der Waals surface area contributed by atoms with Crippen molar-refractivity contribution in [1.82, 2.24) is 0 Å². The van der Waals surface area contributed by atoms with E-state index in [-0.39, 0.29) is 0 Å². The molecular weight excluding hydrogens is 265 g/mol. The van der Waals surface area contributed by atoms with Gasteiger partial charge < -0.3 is 0 Å². The van der Waals surface area contributed by atoms with Gasteiger partial charge in [0.2, 0.25) is 0 Å². The van der Waals surface area contributed by atoms with Gasteiger partial charge in [0.1, 0.15) is 0 Å². The summed E-state index contributed by atoms with van der Waals surface area (Å²) in [7, 11) is -4.37. The molecule has 3 N–H and O–H groups in total. The standard InChI is InChI=1S/Gd.H4O5Si/c;1-5-6(2,3)4/h;1-4H/q+1;/p-1. The average Bonchev–Trinajstić information content (AvgIpc) is 1.30. The quantitative estimate of drug-likeness (QED) is 0.301. The van der Waals surface area contributed by atoms with E-state index in [9.17, 15) is 0 Å². The van der Waals surface area contributed by atoms with Crippen LogP contribution in [0.25, 0.3) is 0 Å². The molecule has 0 radical (unpaired) electrons. The topological polar surface area (TPSA) is 79.2 Å². The molecule has 0 saturated heterocycles. The Bertz CT molecular complexity index is 46.5. The number of rotatable bonds is 2. The molecule has 0 aromatic rings. The first-order valence-electron chi connectivity index (χ1n) is 1.19. The van der Waals surface area contributed by atoms with Crippen molar-refractivity contribution < 1.29 is 58.8 Å². The second-order valence-electron chi connectivity index (χ2n) is 0.716. The predicted molar refractivity (Wildman–Crippen MR) is 14.6 cm³/mol. The van der Waals surface area contributed by atoms with E-state index in [0.717, 1.165) is 38.5 Å². The van der Waals surface area contributed by atoms with E-state index < -0.39 is 9.05 Å². The van der Waals surface area contributed by atoms with E-state index in [1.165, 1.54) is 0 Å². The van der Waals surface area contributed by atoms with Gasteiger partial charge in [0.05, 0.1) is 0 Å². The van der Waals surface area contributed by atoms with Crippen molar-refractivity contribution in [3.8, 4) is 0 Å². The van der Waals surface area contributed by atoms with Crippen LogP contribution in [0, 0.1) is 38.5 Å². The van der Waals surface area contributed by atoms with Crippen LogP contribution in [0.4, 0.5) is 0 Å². The molecule has 0 bridgehead atoms. The summed E-state index contributed by atoms with van der Waals surface area (Å²) in [5.41, 5.74) is 0. The molecule has 5 nitrogen and oxygen atoms in total. The van der Waals surface area contributed by atoms with Gasteiger partial charge in [-0.15, -0.1) is 0 Å². The summed E-state index contributed by atoms with van der Waals surface area (Å²) in [5.74, 6) is 0. The Morgan fingerprint density at radius 1 is 1.29 bits per heavy atom. The first-order valence-corrected chi connectivity index (χ1v) is 3.86. The summed E-state index contributed by atoms with van der Waals surface area (Å²) < 4.78 is 7.29. The molecule has 0 atom stereocenters. The molecule has 45 valence electrons. The third kappa shape index (κ3) is 7.34. The van der Waals surface area contributed by atoms with Gasteiger partial charge in [-0.2, -0.15) is 0 Å². The zero-order chi connectivity index (χ0) is 5.91. The molecule has 0 rings (SSSR count). The Labute approximate surface area is 67.3 Å². The normalized spacial score (nSPS) is 12.0. The third-order valence-electron chi connectivity index (χ3n) is 0.141. The van der Waals surface area contributed by atoms with Gasteiger partial charge in [-0.25, -0.2) is 0 Å². The van der Waals surface area contributed by atoms with Crippen LogP contribution in [-0.2, 0) is 5.90 Å². The van der Waals surface area contributed by atoms with Crippen molar-refractivity contribution in [3.05, 3.63) is 0 Å². The van der Waals surface area contributed by atoms with Crippen molar-refractivity contribution in [2.45, 2.75) is 0 Å². The predicted octanol–water partition coefficient (Wildman–Crippen LogP) is -2.19. The van der Waals surface area contributed by atoms with Crippen molar-refractivity contribution in [3.63, 3.8) is 0 Å². The van der Waals surface area contributed by atoms with Gasteiger partial charge in [0, 0.05) is 0 Å². The van der Waals surface area contributed by atoms with E-state index in [0.29, 0.717) is 0 Å². The summed E-state index contributed by atoms with van der Waals surface area (Å²) >= 11 is 0.888. The zero-order valence-electron chi connectivity index (χ0n) is 3.01. The summed E-state index contributed by atoms with van der Waals surface area (Å²) in [4.78, 5) is 23.8. The van der Waals surface area contributed by atoms with Crippen molar-refractivity contribution >= 4 is 9.05 Å². The van der Waals surface area contributed by atoms with E-state index in [1.807, 2.05) is 0 Å². The second-order valence-corrected chi connectivity index (χ2v) is 2.41. The minimum absolute atomic E-state index is 0.888. The molecule has 7 heteroatoms. The summed E-state index contributed by atoms with van der Waals surface area (Å²) in [6.07, 6.45) is 0.